The highest BCUT2D eigenvalue weighted by Crippen LogP contribution is 2.36. The highest BCUT2D eigenvalue weighted by Gasteiger charge is 2.29. The van der Waals surface area contributed by atoms with Crippen molar-refractivity contribution in [2.24, 2.45) is 13.0 Å². The number of hydrogen-bond donors (Lipinski definition) is 1. The van der Waals surface area contributed by atoms with Crippen LogP contribution < -0.4 is 4.74 Å². The van der Waals surface area contributed by atoms with Crippen molar-refractivity contribution in [1.82, 2.24) is 14.7 Å². The fraction of sp³-hybridized carbons (Fsp3) is 0.464. The van der Waals surface area contributed by atoms with Crippen LogP contribution in [0.25, 0.3) is 11.3 Å². The van der Waals surface area contributed by atoms with E-state index < -0.39 is 11.9 Å². The van der Waals surface area contributed by atoms with Crippen molar-refractivity contribution in [3.63, 3.8) is 0 Å². The number of rotatable bonds is 14. The molecule has 4 rings (SSSR count). The number of aliphatic hydroxyl groups excluding tert-OH is 1. The zero-order valence-electron chi connectivity index (χ0n) is 20.7. The van der Waals surface area contributed by atoms with E-state index in [9.17, 15) is 9.50 Å². The molecule has 1 atom stereocenters. The monoisotopic (exact) mass is 481 g/mol. The Morgan fingerprint density at radius 1 is 1.14 bits per heavy atom. The van der Waals surface area contributed by atoms with E-state index in [1.165, 1.54) is 18.9 Å². The minimum atomic E-state index is -0.585. The van der Waals surface area contributed by atoms with Crippen molar-refractivity contribution in [1.29, 1.82) is 0 Å². The lowest BCUT2D eigenvalue weighted by atomic mass is 10.1. The number of nitrogens with zero attached hydrogens (tertiary/aromatic N) is 3. The number of para-hydroxylation sites is 1. The van der Waals surface area contributed by atoms with Gasteiger partial charge in [0.2, 0.25) is 5.88 Å². The first kappa shape index (κ1) is 25.4. The average Bonchev–Trinajstić information content (AvgIpc) is 3.62. The molecule has 0 radical (unpaired) electrons. The van der Waals surface area contributed by atoms with Gasteiger partial charge in [-0.25, -0.2) is 9.07 Å². The van der Waals surface area contributed by atoms with Crippen LogP contribution >= 0.6 is 0 Å². The topological polar surface area (TPSA) is 59.8 Å². The number of hydrogen-bond acceptors (Lipinski definition) is 5. The van der Waals surface area contributed by atoms with Gasteiger partial charge in [-0.1, -0.05) is 55.8 Å². The number of halogens is 1. The minimum Gasteiger partial charge on any atom is -0.436 e. The Kier molecular flexibility index (Phi) is 8.90. The molecule has 0 amide bonds. The maximum absolute atomic E-state index is 14.4. The molecule has 0 bridgehead atoms. The van der Waals surface area contributed by atoms with Gasteiger partial charge < -0.3 is 14.6 Å². The largest absolute Gasteiger partial charge is 0.436 e. The smallest absolute Gasteiger partial charge is 0.222 e. The molecule has 1 N–H and O–H groups in total. The second-order valence-electron chi connectivity index (χ2n) is 9.37. The van der Waals surface area contributed by atoms with Crippen LogP contribution in [0, 0.1) is 11.7 Å². The molecule has 1 saturated carbocycles. The first-order valence-corrected chi connectivity index (χ1v) is 12.6. The van der Waals surface area contributed by atoms with Gasteiger partial charge in [-0.3, -0.25) is 4.90 Å². The first-order valence-electron chi connectivity index (χ1n) is 12.6. The number of ether oxygens (including phenoxy) is 2. The molecule has 2 aromatic carbocycles. The fourth-order valence-electron chi connectivity index (χ4n) is 4.19. The third-order valence-corrected chi connectivity index (χ3v) is 6.19. The van der Waals surface area contributed by atoms with Gasteiger partial charge >= 0.3 is 0 Å². The Morgan fingerprint density at radius 2 is 1.89 bits per heavy atom. The van der Waals surface area contributed by atoms with E-state index in [1.807, 2.05) is 37.4 Å². The summed E-state index contributed by atoms with van der Waals surface area (Å²) >= 11 is 0. The van der Waals surface area contributed by atoms with E-state index in [-0.39, 0.29) is 5.75 Å². The zero-order valence-corrected chi connectivity index (χ0v) is 20.7. The number of aliphatic hydroxyl groups is 1. The van der Waals surface area contributed by atoms with Crippen molar-refractivity contribution in [2.75, 3.05) is 26.3 Å². The standard InChI is InChI=1S/C28H36FN3O3/c1-3-4-16-34-20-23(33)18-32(17-21-14-15-21)19-24-27(22-10-6-5-7-11-22)30-31(2)28(24)35-26-13-9-8-12-25(26)29/h5-13,21,23,33H,3-4,14-20H2,1-2H3/t23-/m0/s1. The Labute approximate surface area is 207 Å². The van der Waals surface area contributed by atoms with Gasteiger partial charge in [0.1, 0.15) is 5.69 Å². The summed E-state index contributed by atoms with van der Waals surface area (Å²) in [5.41, 5.74) is 2.65. The Morgan fingerprint density at radius 3 is 2.60 bits per heavy atom. The molecule has 0 spiro atoms. The van der Waals surface area contributed by atoms with Crippen molar-refractivity contribution >= 4 is 0 Å². The molecule has 1 heterocycles. The SMILES string of the molecule is CCCCOC[C@@H](O)CN(Cc1c(-c2ccccc2)nn(C)c1Oc1ccccc1F)CC1CC1. The summed E-state index contributed by atoms with van der Waals surface area (Å²) in [5.74, 6) is 0.879. The van der Waals surface area contributed by atoms with Crippen LogP contribution in [-0.4, -0.2) is 52.2 Å². The maximum Gasteiger partial charge on any atom is 0.222 e. The quantitative estimate of drug-likeness (QED) is 0.312. The molecule has 6 nitrogen and oxygen atoms in total. The van der Waals surface area contributed by atoms with E-state index in [0.717, 1.165) is 36.2 Å². The number of aryl methyl sites for hydroxylation is 1. The predicted octanol–water partition coefficient (Wildman–Crippen LogP) is 5.41. The predicted molar refractivity (Wildman–Crippen MR) is 135 cm³/mol. The van der Waals surface area contributed by atoms with E-state index in [2.05, 4.69) is 11.8 Å². The van der Waals surface area contributed by atoms with E-state index in [4.69, 9.17) is 14.6 Å². The van der Waals surface area contributed by atoms with Gasteiger partial charge in [-0.2, -0.15) is 5.10 Å². The van der Waals surface area contributed by atoms with Crippen LogP contribution in [0.4, 0.5) is 4.39 Å². The average molecular weight is 482 g/mol. The molecule has 7 heteroatoms. The van der Waals surface area contributed by atoms with E-state index in [1.54, 1.807) is 22.9 Å². The maximum atomic E-state index is 14.4. The highest BCUT2D eigenvalue weighted by molar-refractivity contribution is 5.65. The summed E-state index contributed by atoms with van der Waals surface area (Å²) in [6, 6.07) is 16.3. The normalized spacial score (nSPS) is 14.4. The van der Waals surface area contributed by atoms with Crippen molar-refractivity contribution in [3.05, 3.63) is 66.0 Å². The van der Waals surface area contributed by atoms with Crippen molar-refractivity contribution < 1.29 is 19.0 Å². The summed E-state index contributed by atoms with van der Waals surface area (Å²) < 4.78 is 27.9. The van der Waals surface area contributed by atoms with Crippen LogP contribution in [0.2, 0.25) is 0 Å². The fourth-order valence-corrected chi connectivity index (χ4v) is 4.19. The van der Waals surface area contributed by atoms with Gasteiger partial charge in [-0.15, -0.1) is 0 Å². The molecule has 0 aliphatic heterocycles. The van der Waals surface area contributed by atoms with Crippen LogP contribution in [-0.2, 0) is 18.3 Å². The van der Waals surface area contributed by atoms with Gasteiger partial charge in [-0.05, 0) is 37.3 Å². The van der Waals surface area contributed by atoms with Crippen LogP contribution in [0.15, 0.2) is 54.6 Å². The second kappa shape index (κ2) is 12.3. The second-order valence-corrected chi connectivity index (χ2v) is 9.37. The van der Waals surface area contributed by atoms with E-state index >= 15 is 0 Å². The Bertz CT molecular complexity index is 1070. The minimum absolute atomic E-state index is 0.162. The number of unbranched alkanes of at least 4 members (excludes halogenated alkanes) is 1. The summed E-state index contributed by atoms with van der Waals surface area (Å²) in [4.78, 5) is 2.25. The Balaban J connectivity index is 1.61. The van der Waals surface area contributed by atoms with Crippen LogP contribution in [0.5, 0.6) is 11.6 Å². The molecular formula is C28H36FN3O3. The lowest BCUT2D eigenvalue weighted by Gasteiger charge is -2.25. The zero-order chi connectivity index (χ0) is 24.6. The molecule has 0 unspecified atom stereocenters. The molecule has 0 saturated heterocycles. The molecule has 1 fully saturated rings. The van der Waals surface area contributed by atoms with E-state index in [0.29, 0.717) is 38.1 Å². The lowest BCUT2D eigenvalue weighted by Crippen LogP contribution is -2.36. The molecule has 3 aromatic rings. The summed E-state index contributed by atoms with van der Waals surface area (Å²) in [6.45, 7) is 5.01. The van der Waals surface area contributed by atoms with Crippen LogP contribution in [0.1, 0.15) is 38.2 Å². The van der Waals surface area contributed by atoms with Gasteiger partial charge in [0.25, 0.3) is 0 Å². The summed E-state index contributed by atoms with van der Waals surface area (Å²) in [7, 11) is 1.81. The molecular weight excluding hydrogens is 445 g/mol. The molecule has 1 aliphatic rings. The lowest BCUT2D eigenvalue weighted by molar-refractivity contribution is 0.0135. The molecule has 188 valence electrons. The Hall–Kier alpha value is -2.74. The summed E-state index contributed by atoms with van der Waals surface area (Å²) in [6.07, 6.45) is 3.88. The first-order chi connectivity index (χ1) is 17.0. The van der Waals surface area contributed by atoms with Gasteiger partial charge in [0.15, 0.2) is 11.6 Å². The number of aromatic nitrogens is 2. The van der Waals surface area contributed by atoms with Crippen molar-refractivity contribution in [3.8, 4) is 22.9 Å². The van der Waals surface area contributed by atoms with Gasteiger partial charge in [0.05, 0.1) is 18.3 Å². The van der Waals surface area contributed by atoms with Crippen molar-refractivity contribution in [2.45, 2.75) is 45.3 Å². The third kappa shape index (κ3) is 7.13. The summed E-state index contributed by atoms with van der Waals surface area (Å²) in [5, 5.41) is 15.5. The number of benzene rings is 2. The highest BCUT2D eigenvalue weighted by atomic mass is 19.1. The third-order valence-electron chi connectivity index (χ3n) is 6.19. The molecule has 35 heavy (non-hydrogen) atoms. The van der Waals surface area contributed by atoms with Crippen LogP contribution in [0.3, 0.4) is 0 Å². The molecule has 1 aromatic heterocycles. The molecule has 1 aliphatic carbocycles. The van der Waals surface area contributed by atoms with Gasteiger partial charge in [0, 0.05) is 38.9 Å².